The van der Waals surface area contributed by atoms with E-state index < -0.39 is 0 Å². The van der Waals surface area contributed by atoms with Gasteiger partial charge in [0.2, 0.25) is 0 Å². The lowest BCUT2D eigenvalue weighted by Crippen LogP contribution is -2.38. The minimum Gasteiger partial charge on any atom is -0.377 e. The van der Waals surface area contributed by atoms with Gasteiger partial charge in [0.1, 0.15) is 0 Å². The van der Waals surface area contributed by atoms with Crippen molar-refractivity contribution in [3.63, 3.8) is 0 Å². The van der Waals surface area contributed by atoms with Crippen LogP contribution in [0.5, 0.6) is 0 Å². The minimum absolute atomic E-state index is 0.702. The third-order valence-corrected chi connectivity index (χ3v) is 3.59. The van der Waals surface area contributed by atoms with E-state index in [2.05, 4.69) is 41.6 Å². The summed E-state index contributed by atoms with van der Waals surface area (Å²) >= 11 is 0. The predicted octanol–water partition coefficient (Wildman–Crippen LogP) is 3.58. The van der Waals surface area contributed by atoms with Gasteiger partial charge in [0.05, 0.1) is 6.61 Å². The van der Waals surface area contributed by atoms with E-state index in [0.717, 1.165) is 44.4 Å². The Hall–Kier alpha value is -1.55. The van der Waals surface area contributed by atoms with Crippen molar-refractivity contribution in [3.05, 3.63) is 35.9 Å². The first-order chi connectivity index (χ1) is 11.2. The first kappa shape index (κ1) is 19.5. The molecule has 130 valence electrons. The Morgan fingerprint density at radius 2 is 1.74 bits per heavy atom. The molecular formula is C19H33N3O. The second-order valence-electron chi connectivity index (χ2n) is 6.21. The summed E-state index contributed by atoms with van der Waals surface area (Å²) in [5.74, 6) is 1.67. The molecule has 0 aliphatic rings. The van der Waals surface area contributed by atoms with E-state index in [0.29, 0.717) is 6.61 Å². The molecule has 2 N–H and O–H groups in total. The lowest BCUT2D eigenvalue weighted by Gasteiger charge is -2.12. The first-order valence-electron chi connectivity index (χ1n) is 8.78. The summed E-state index contributed by atoms with van der Waals surface area (Å²) in [5, 5.41) is 6.71. The zero-order chi connectivity index (χ0) is 16.8. The quantitative estimate of drug-likeness (QED) is 0.372. The van der Waals surface area contributed by atoms with Crippen molar-refractivity contribution in [3.8, 4) is 0 Å². The number of ether oxygens (including phenoxy) is 1. The van der Waals surface area contributed by atoms with E-state index in [1.54, 1.807) is 0 Å². The molecule has 0 unspecified atom stereocenters. The monoisotopic (exact) mass is 319 g/mol. The lowest BCUT2D eigenvalue weighted by molar-refractivity contribution is 0.117. The summed E-state index contributed by atoms with van der Waals surface area (Å²) in [6, 6.07) is 10.3. The van der Waals surface area contributed by atoms with Crippen LogP contribution in [-0.4, -0.2) is 32.7 Å². The Balaban J connectivity index is 1.96. The van der Waals surface area contributed by atoms with Gasteiger partial charge in [-0.15, -0.1) is 0 Å². The number of nitrogens with one attached hydrogen (secondary N) is 2. The molecule has 0 saturated heterocycles. The molecule has 0 spiro atoms. The second kappa shape index (κ2) is 12.9. The average molecular weight is 319 g/mol. The molecule has 0 aromatic heterocycles. The van der Waals surface area contributed by atoms with Gasteiger partial charge < -0.3 is 15.4 Å². The van der Waals surface area contributed by atoms with E-state index in [9.17, 15) is 0 Å². The minimum atomic E-state index is 0.702. The Morgan fingerprint density at radius 1 is 1.04 bits per heavy atom. The number of rotatable bonds is 11. The molecule has 1 aromatic rings. The van der Waals surface area contributed by atoms with Gasteiger partial charge in [-0.1, -0.05) is 44.2 Å². The van der Waals surface area contributed by atoms with E-state index in [1.807, 2.05) is 25.2 Å². The van der Waals surface area contributed by atoms with Crippen molar-refractivity contribution in [2.24, 2.45) is 10.9 Å². The number of benzene rings is 1. The van der Waals surface area contributed by atoms with Gasteiger partial charge in [-0.05, 0) is 37.2 Å². The molecule has 0 saturated carbocycles. The van der Waals surface area contributed by atoms with Crippen LogP contribution in [0.3, 0.4) is 0 Å². The summed E-state index contributed by atoms with van der Waals surface area (Å²) < 4.78 is 5.68. The maximum Gasteiger partial charge on any atom is 0.190 e. The molecule has 4 nitrogen and oxygen atoms in total. The highest BCUT2D eigenvalue weighted by atomic mass is 16.5. The maximum absolute atomic E-state index is 5.68. The summed E-state index contributed by atoms with van der Waals surface area (Å²) in [5.41, 5.74) is 1.23. The SMILES string of the molecule is CN=C(NCCCCOCc1ccccc1)NCCCC(C)C. The maximum atomic E-state index is 5.68. The first-order valence-corrected chi connectivity index (χ1v) is 8.78. The molecule has 0 radical (unpaired) electrons. The lowest BCUT2D eigenvalue weighted by atomic mass is 10.1. The van der Waals surface area contributed by atoms with Crippen LogP contribution in [0, 0.1) is 5.92 Å². The zero-order valence-electron chi connectivity index (χ0n) is 15.0. The molecule has 0 aliphatic heterocycles. The third-order valence-electron chi connectivity index (χ3n) is 3.59. The molecule has 0 amide bonds. The van der Waals surface area contributed by atoms with Crippen LogP contribution >= 0.6 is 0 Å². The number of unbranched alkanes of at least 4 members (excludes halogenated alkanes) is 1. The molecular weight excluding hydrogens is 286 g/mol. The molecule has 0 fully saturated rings. The van der Waals surface area contributed by atoms with Crippen molar-refractivity contribution in [1.29, 1.82) is 0 Å². The fourth-order valence-electron chi connectivity index (χ4n) is 2.24. The molecule has 0 heterocycles. The van der Waals surface area contributed by atoms with Gasteiger partial charge in [-0.3, -0.25) is 4.99 Å². The normalized spacial score (nSPS) is 11.7. The number of nitrogens with zero attached hydrogens (tertiary/aromatic N) is 1. The van der Waals surface area contributed by atoms with Gasteiger partial charge in [-0.25, -0.2) is 0 Å². The standard InChI is InChI=1S/C19H33N3O/c1-17(2)10-9-14-22-19(20-3)21-13-7-8-15-23-16-18-11-5-4-6-12-18/h4-6,11-12,17H,7-10,13-16H2,1-3H3,(H2,20,21,22). The van der Waals surface area contributed by atoms with E-state index in [-0.39, 0.29) is 0 Å². The van der Waals surface area contributed by atoms with Crippen LogP contribution in [0.1, 0.15) is 45.1 Å². The van der Waals surface area contributed by atoms with Crippen LogP contribution in [0.2, 0.25) is 0 Å². The van der Waals surface area contributed by atoms with Crippen LogP contribution < -0.4 is 10.6 Å². The highest BCUT2D eigenvalue weighted by molar-refractivity contribution is 5.79. The molecule has 0 atom stereocenters. The van der Waals surface area contributed by atoms with Crippen molar-refractivity contribution in [1.82, 2.24) is 10.6 Å². The van der Waals surface area contributed by atoms with Gasteiger partial charge in [0.15, 0.2) is 5.96 Å². The summed E-state index contributed by atoms with van der Waals surface area (Å²) in [6.45, 7) is 7.93. The highest BCUT2D eigenvalue weighted by Crippen LogP contribution is 2.02. The van der Waals surface area contributed by atoms with Crippen LogP contribution in [0.25, 0.3) is 0 Å². The summed E-state index contributed by atoms with van der Waals surface area (Å²) in [6.07, 6.45) is 4.58. The molecule has 0 aliphatic carbocycles. The largest absolute Gasteiger partial charge is 0.377 e. The van der Waals surface area contributed by atoms with Crippen LogP contribution in [0.4, 0.5) is 0 Å². The Morgan fingerprint density at radius 3 is 2.39 bits per heavy atom. The third kappa shape index (κ3) is 10.7. The fourth-order valence-corrected chi connectivity index (χ4v) is 2.24. The van der Waals surface area contributed by atoms with E-state index >= 15 is 0 Å². The Bertz CT molecular complexity index is 418. The van der Waals surface area contributed by atoms with Crippen LogP contribution in [0.15, 0.2) is 35.3 Å². The Kier molecular flexibility index (Phi) is 11.0. The molecule has 23 heavy (non-hydrogen) atoms. The van der Waals surface area contributed by atoms with Gasteiger partial charge >= 0.3 is 0 Å². The molecule has 1 rings (SSSR count). The van der Waals surface area contributed by atoms with Crippen molar-refractivity contribution < 1.29 is 4.74 Å². The highest BCUT2D eigenvalue weighted by Gasteiger charge is 1.98. The zero-order valence-corrected chi connectivity index (χ0v) is 15.0. The summed E-state index contributed by atoms with van der Waals surface area (Å²) in [4.78, 5) is 4.24. The topological polar surface area (TPSA) is 45.7 Å². The van der Waals surface area contributed by atoms with Gasteiger partial charge in [0, 0.05) is 26.7 Å². The van der Waals surface area contributed by atoms with Gasteiger partial charge in [-0.2, -0.15) is 0 Å². The van der Waals surface area contributed by atoms with Gasteiger partial charge in [0.25, 0.3) is 0 Å². The average Bonchev–Trinajstić information content (AvgIpc) is 2.56. The molecule has 0 bridgehead atoms. The van der Waals surface area contributed by atoms with Crippen molar-refractivity contribution >= 4 is 5.96 Å². The van der Waals surface area contributed by atoms with E-state index in [4.69, 9.17) is 4.74 Å². The molecule has 4 heteroatoms. The van der Waals surface area contributed by atoms with Crippen molar-refractivity contribution in [2.45, 2.75) is 46.1 Å². The smallest absolute Gasteiger partial charge is 0.190 e. The molecule has 1 aromatic carbocycles. The number of hydrogen-bond acceptors (Lipinski definition) is 2. The predicted molar refractivity (Wildman–Crippen MR) is 98.8 cm³/mol. The van der Waals surface area contributed by atoms with E-state index in [1.165, 1.54) is 18.4 Å². The fraction of sp³-hybridized carbons (Fsp3) is 0.632. The number of aliphatic imine (C=N–C) groups is 1. The summed E-state index contributed by atoms with van der Waals surface area (Å²) in [7, 11) is 1.82. The number of hydrogen-bond donors (Lipinski definition) is 2. The van der Waals surface area contributed by atoms with Crippen LogP contribution in [-0.2, 0) is 11.3 Å². The Labute approximate surface area is 141 Å². The second-order valence-corrected chi connectivity index (χ2v) is 6.21. The van der Waals surface area contributed by atoms with Crippen molar-refractivity contribution in [2.75, 3.05) is 26.7 Å². The number of guanidine groups is 1.